The largest absolute Gasteiger partial charge is 1.00 e. The van der Waals surface area contributed by atoms with Crippen LogP contribution in [0.5, 0.6) is 0 Å². The van der Waals surface area contributed by atoms with E-state index in [1.807, 2.05) is 5.92 Å². The minimum absolute atomic E-state index is 0. The van der Waals surface area contributed by atoms with Crippen LogP contribution in [0.15, 0.2) is 0 Å². The van der Waals surface area contributed by atoms with Crippen molar-refractivity contribution in [3.63, 3.8) is 0 Å². The zero-order chi connectivity index (χ0) is 7.49. The van der Waals surface area contributed by atoms with Gasteiger partial charge in [0.25, 0.3) is 0 Å². The molecule has 0 fully saturated rings. The first-order chi connectivity index (χ1) is 3.95. The van der Waals surface area contributed by atoms with E-state index in [0.717, 1.165) is 0 Å². The van der Waals surface area contributed by atoms with Crippen LogP contribution >= 0.6 is 0 Å². The zero-order valence-corrected chi connectivity index (χ0v) is 6.51. The van der Waals surface area contributed by atoms with Crippen LogP contribution in [0.2, 0.25) is 0 Å². The molecule has 0 aromatic carbocycles. The van der Waals surface area contributed by atoms with Crippen molar-refractivity contribution in [2.24, 2.45) is 0 Å². The standard InChI is InChI=1S/C4H6O4S.Li/c1-3-4(2)8-9(5,6)7;/h1,4H,2H3,(H,5,6,7);/q;+1/p-1. The van der Waals surface area contributed by atoms with Gasteiger partial charge in [-0.15, -0.1) is 6.42 Å². The van der Waals surface area contributed by atoms with Gasteiger partial charge in [0, 0.05) is 0 Å². The molecule has 0 heterocycles. The van der Waals surface area contributed by atoms with E-state index in [9.17, 15) is 13.0 Å². The average molecular weight is 156 g/mol. The molecule has 6 heteroatoms. The number of hydrogen-bond donors (Lipinski definition) is 0. The van der Waals surface area contributed by atoms with Gasteiger partial charge in [0.2, 0.25) is 10.4 Å². The molecule has 0 radical (unpaired) electrons. The molecule has 1 unspecified atom stereocenters. The van der Waals surface area contributed by atoms with Gasteiger partial charge in [0.05, 0.1) is 0 Å². The Morgan fingerprint density at radius 3 is 2.20 bits per heavy atom. The second-order valence-corrected chi connectivity index (χ2v) is 2.32. The molecule has 0 spiro atoms. The average Bonchev–Trinajstić information content (AvgIpc) is 1.62. The fraction of sp³-hybridized carbons (Fsp3) is 0.500. The number of rotatable bonds is 2. The smallest absolute Gasteiger partial charge is 0.725 e. The molecule has 0 saturated heterocycles. The molecular formula is C4H5LiO4S. The summed E-state index contributed by atoms with van der Waals surface area (Å²) < 4.78 is 32.9. The molecule has 0 aromatic rings. The summed E-state index contributed by atoms with van der Waals surface area (Å²) >= 11 is 0. The van der Waals surface area contributed by atoms with Crippen LogP contribution in [0.1, 0.15) is 6.92 Å². The van der Waals surface area contributed by atoms with E-state index in [-0.39, 0.29) is 18.9 Å². The summed E-state index contributed by atoms with van der Waals surface area (Å²) in [4.78, 5) is 0. The molecular weight excluding hydrogens is 151 g/mol. The molecule has 1 atom stereocenters. The summed E-state index contributed by atoms with van der Waals surface area (Å²) in [5.41, 5.74) is 0. The Bertz CT molecular complexity index is 214. The van der Waals surface area contributed by atoms with Crippen molar-refractivity contribution in [1.29, 1.82) is 0 Å². The molecule has 10 heavy (non-hydrogen) atoms. The first kappa shape index (κ1) is 12.7. The van der Waals surface area contributed by atoms with E-state index < -0.39 is 16.5 Å². The van der Waals surface area contributed by atoms with Gasteiger partial charge < -0.3 is 4.55 Å². The van der Waals surface area contributed by atoms with E-state index in [1.165, 1.54) is 6.92 Å². The van der Waals surface area contributed by atoms with E-state index in [0.29, 0.717) is 0 Å². The Morgan fingerprint density at radius 1 is 1.70 bits per heavy atom. The van der Waals surface area contributed by atoms with Gasteiger partial charge in [-0.1, -0.05) is 5.92 Å². The van der Waals surface area contributed by atoms with E-state index in [4.69, 9.17) is 6.42 Å². The molecule has 0 saturated carbocycles. The van der Waals surface area contributed by atoms with E-state index in [2.05, 4.69) is 4.18 Å². The molecule has 0 aromatic heterocycles. The fourth-order valence-electron chi connectivity index (χ4n) is 0.205. The third-order valence-electron chi connectivity index (χ3n) is 0.497. The Hall–Kier alpha value is 0.0274. The molecule has 0 rings (SSSR count). The molecule has 0 amide bonds. The van der Waals surface area contributed by atoms with Crippen LogP contribution in [-0.4, -0.2) is 19.1 Å². The van der Waals surface area contributed by atoms with Crippen molar-refractivity contribution < 1.29 is 36.0 Å². The summed E-state index contributed by atoms with van der Waals surface area (Å²) in [6, 6.07) is 0. The quantitative estimate of drug-likeness (QED) is 0.180. The van der Waals surface area contributed by atoms with Crippen LogP contribution in [-0.2, 0) is 14.6 Å². The molecule has 0 aliphatic rings. The molecule has 0 N–H and O–H groups in total. The second-order valence-electron chi connectivity index (χ2n) is 1.31. The van der Waals surface area contributed by atoms with Crippen LogP contribution in [0.4, 0.5) is 0 Å². The molecule has 0 bridgehead atoms. The van der Waals surface area contributed by atoms with Crippen molar-refractivity contribution in [3.8, 4) is 12.3 Å². The SMILES string of the molecule is C#CC(C)OS(=O)(=O)[O-].[Li+]. The van der Waals surface area contributed by atoms with Gasteiger partial charge in [0.1, 0.15) is 6.10 Å². The van der Waals surface area contributed by atoms with Gasteiger partial charge >= 0.3 is 18.9 Å². The third-order valence-corrected chi connectivity index (χ3v) is 1.02. The topological polar surface area (TPSA) is 66.4 Å². The van der Waals surface area contributed by atoms with Crippen molar-refractivity contribution >= 4 is 10.4 Å². The van der Waals surface area contributed by atoms with Crippen molar-refractivity contribution in [3.05, 3.63) is 0 Å². The van der Waals surface area contributed by atoms with E-state index in [1.54, 1.807) is 0 Å². The van der Waals surface area contributed by atoms with Crippen molar-refractivity contribution in [2.45, 2.75) is 13.0 Å². The number of hydrogen-bond acceptors (Lipinski definition) is 4. The molecule has 52 valence electrons. The summed E-state index contributed by atoms with van der Waals surface area (Å²) in [5, 5.41) is 0. The van der Waals surface area contributed by atoms with Gasteiger partial charge in [-0.05, 0) is 6.92 Å². The summed E-state index contributed by atoms with van der Waals surface area (Å²) in [5.74, 6) is 1.92. The van der Waals surface area contributed by atoms with Gasteiger partial charge in [0.15, 0.2) is 0 Å². The normalized spacial score (nSPS) is 12.9. The summed E-state index contributed by atoms with van der Waals surface area (Å²) in [7, 11) is -4.63. The first-order valence-corrected chi connectivity index (χ1v) is 3.39. The second kappa shape index (κ2) is 4.78. The first-order valence-electron chi connectivity index (χ1n) is 2.06. The van der Waals surface area contributed by atoms with Gasteiger partial charge in [-0.2, -0.15) is 0 Å². The predicted molar refractivity (Wildman–Crippen MR) is 29.1 cm³/mol. The minimum Gasteiger partial charge on any atom is -0.725 e. The Morgan fingerprint density at radius 2 is 2.10 bits per heavy atom. The Balaban J connectivity index is 0. The zero-order valence-electron chi connectivity index (χ0n) is 5.70. The molecule has 0 aliphatic carbocycles. The van der Waals surface area contributed by atoms with Crippen LogP contribution < -0.4 is 18.9 Å². The molecule has 4 nitrogen and oxygen atoms in total. The summed E-state index contributed by atoms with van der Waals surface area (Å²) in [6.45, 7) is 1.29. The maximum Gasteiger partial charge on any atom is 1.00 e. The monoisotopic (exact) mass is 156 g/mol. The maximum atomic E-state index is 9.73. The predicted octanol–water partition coefficient (Wildman–Crippen LogP) is -3.51. The molecule has 0 aliphatic heterocycles. The maximum absolute atomic E-state index is 9.73. The fourth-order valence-corrected chi connectivity index (χ4v) is 0.614. The summed E-state index contributed by atoms with van der Waals surface area (Å²) in [6.07, 6.45) is 3.72. The van der Waals surface area contributed by atoms with Gasteiger partial charge in [-0.25, -0.2) is 8.42 Å². The van der Waals surface area contributed by atoms with Crippen molar-refractivity contribution in [1.82, 2.24) is 0 Å². The van der Waals surface area contributed by atoms with Crippen LogP contribution in [0, 0.1) is 12.3 Å². The van der Waals surface area contributed by atoms with Crippen LogP contribution in [0.3, 0.4) is 0 Å². The Labute approximate surface area is 72.1 Å². The third kappa shape index (κ3) is 8.03. The Kier molecular flexibility index (Phi) is 6.07. The van der Waals surface area contributed by atoms with E-state index >= 15 is 0 Å². The van der Waals surface area contributed by atoms with Crippen molar-refractivity contribution in [2.75, 3.05) is 0 Å². The number of terminal acetylenes is 1. The van der Waals surface area contributed by atoms with Crippen LogP contribution in [0.25, 0.3) is 0 Å². The minimum atomic E-state index is -4.63. The van der Waals surface area contributed by atoms with Gasteiger partial charge in [-0.3, -0.25) is 4.18 Å².